The van der Waals surface area contributed by atoms with E-state index in [4.69, 9.17) is 0 Å². The van der Waals surface area contributed by atoms with Gasteiger partial charge in [-0.1, -0.05) is 90.7 Å². The van der Waals surface area contributed by atoms with Crippen LogP contribution in [0.5, 0.6) is 0 Å². The summed E-state index contributed by atoms with van der Waals surface area (Å²) < 4.78 is 0. The van der Waals surface area contributed by atoms with Crippen molar-refractivity contribution in [2.45, 2.75) is 97.8 Å². The van der Waals surface area contributed by atoms with Crippen LogP contribution in [0.4, 0.5) is 0 Å². The Labute approximate surface area is 159 Å². The van der Waals surface area contributed by atoms with Crippen molar-refractivity contribution in [2.24, 2.45) is 16.7 Å². The number of hydrogen-bond acceptors (Lipinski definition) is 2. The topological polar surface area (TPSA) is 74.6 Å². The molecule has 0 saturated carbocycles. The van der Waals surface area contributed by atoms with E-state index in [1.54, 1.807) is 0 Å². The molecule has 0 aromatic heterocycles. The molecule has 0 amide bonds. The zero-order valence-corrected chi connectivity index (χ0v) is 16.9. The van der Waals surface area contributed by atoms with Gasteiger partial charge in [-0.3, -0.25) is 9.59 Å². The molecular weight excluding hydrogens is 328 g/mol. The molecule has 150 valence electrons. The highest BCUT2D eigenvalue weighted by Crippen LogP contribution is 2.56. The van der Waals surface area contributed by atoms with Gasteiger partial charge in [-0.05, 0) is 25.2 Å². The maximum atomic E-state index is 12.3. The molecule has 1 aliphatic carbocycles. The minimum Gasteiger partial charge on any atom is -0.481 e. The van der Waals surface area contributed by atoms with Gasteiger partial charge in [-0.2, -0.15) is 0 Å². The van der Waals surface area contributed by atoms with Crippen molar-refractivity contribution in [1.82, 2.24) is 0 Å². The molecular formula is C22H38O4. The van der Waals surface area contributed by atoms with Crippen LogP contribution in [0.3, 0.4) is 0 Å². The third kappa shape index (κ3) is 4.89. The lowest BCUT2D eigenvalue weighted by Crippen LogP contribution is -2.56. The Morgan fingerprint density at radius 1 is 0.846 bits per heavy atom. The van der Waals surface area contributed by atoms with E-state index >= 15 is 0 Å². The van der Waals surface area contributed by atoms with Gasteiger partial charge in [0.25, 0.3) is 0 Å². The summed E-state index contributed by atoms with van der Waals surface area (Å²) in [6, 6.07) is 0. The molecule has 0 saturated heterocycles. The van der Waals surface area contributed by atoms with Crippen LogP contribution in [0.15, 0.2) is 12.2 Å². The molecule has 2 unspecified atom stereocenters. The molecule has 1 rings (SSSR count). The van der Waals surface area contributed by atoms with Crippen molar-refractivity contribution >= 4 is 11.9 Å². The Bertz CT molecular complexity index is 483. The number of carbonyl (C=O) groups is 2. The van der Waals surface area contributed by atoms with E-state index in [0.717, 1.165) is 19.3 Å². The summed E-state index contributed by atoms with van der Waals surface area (Å²) in [6.07, 6.45) is 15.3. The molecule has 4 heteroatoms. The summed E-state index contributed by atoms with van der Waals surface area (Å²) in [7, 11) is 0. The molecule has 0 spiro atoms. The lowest BCUT2D eigenvalue weighted by molar-refractivity contribution is -0.181. The summed E-state index contributed by atoms with van der Waals surface area (Å²) in [5.74, 6) is -2.13. The van der Waals surface area contributed by atoms with Crippen LogP contribution in [0.2, 0.25) is 0 Å². The van der Waals surface area contributed by atoms with Crippen LogP contribution < -0.4 is 0 Å². The number of unbranched alkanes of at least 4 members (excludes halogenated alkanes) is 8. The first-order chi connectivity index (χ1) is 12.3. The average Bonchev–Trinajstić information content (AvgIpc) is 2.59. The molecule has 2 atom stereocenters. The smallest absolute Gasteiger partial charge is 0.311 e. The van der Waals surface area contributed by atoms with E-state index < -0.39 is 22.8 Å². The lowest BCUT2D eigenvalue weighted by atomic mass is 9.51. The number of rotatable bonds is 13. The molecule has 26 heavy (non-hydrogen) atoms. The van der Waals surface area contributed by atoms with Crippen molar-refractivity contribution in [3.8, 4) is 0 Å². The van der Waals surface area contributed by atoms with Crippen LogP contribution in [-0.2, 0) is 9.59 Å². The van der Waals surface area contributed by atoms with Crippen LogP contribution in [-0.4, -0.2) is 22.2 Å². The second-order valence-corrected chi connectivity index (χ2v) is 8.28. The molecule has 4 nitrogen and oxygen atoms in total. The van der Waals surface area contributed by atoms with E-state index in [0.29, 0.717) is 19.3 Å². The Morgan fingerprint density at radius 3 is 1.81 bits per heavy atom. The quantitative estimate of drug-likeness (QED) is 0.307. The highest BCUT2D eigenvalue weighted by atomic mass is 16.4. The number of allylic oxidation sites excluding steroid dienone is 2. The number of carboxylic acids is 2. The van der Waals surface area contributed by atoms with Gasteiger partial charge in [0.15, 0.2) is 0 Å². The summed E-state index contributed by atoms with van der Waals surface area (Å²) in [4.78, 5) is 24.5. The molecule has 0 fully saturated rings. The van der Waals surface area contributed by atoms with Crippen LogP contribution in [0.25, 0.3) is 0 Å². The van der Waals surface area contributed by atoms with Gasteiger partial charge in [-0.15, -0.1) is 0 Å². The molecule has 0 bridgehead atoms. The molecule has 0 radical (unpaired) electrons. The Balaban J connectivity index is 2.67. The third-order valence-electron chi connectivity index (χ3n) is 6.41. The van der Waals surface area contributed by atoms with Crippen molar-refractivity contribution in [3.63, 3.8) is 0 Å². The molecule has 0 aromatic rings. The monoisotopic (exact) mass is 366 g/mol. The van der Waals surface area contributed by atoms with Crippen molar-refractivity contribution in [2.75, 3.05) is 0 Å². The normalized spacial score (nSPS) is 25.5. The summed E-state index contributed by atoms with van der Waals surface area (Å²) in [5, 5.41) is 20.0. The maximum absolute atomic E-state index is 12.3. The summed E-state index contributed by atoms with van der Waals surface area (Å²) in [6.45, 7) is 5.91. The minimum absolute atomic E-state index is 0.223. The molecule has 2 N–H and O–H groups in total. The highest BCUT2D eigenvalue weighted by Gasteiger charge is 2.62. The van der Waals surface area contributed by atoms with Crippen molar-refractivity contribution in [1.29, 1.82) is 0 Å². The van der Waals surface area contributed by atoms with Crippen molar-refractivity contribution in [3.05, 3.63) is 12.2 Å². The van der Waals surface area contributed by atoms with E-state index in [1.165, 1.54) is 38.5 Å². The zero-order valence-electron chi connectivity index (χ0n) is 16.9. The Morgan fingerprint density at radius 2 is 1.35 bits per heavy atom. The fourth-order valence-corrected chi connectivity index (χ4v) is 4.71. The van der Waals surface area contributed by atoms with Crippen molar-refractivity contribution < 1.29 is 19.8 Å². The summed E-state index contributed by atoms with van der Waals surface area (Å²) in [5.41, 5.74) is -2.41. The standard InChI is InChI=1S/C22H38O4/c1-4-5-6-7-8-9-10-11-12-15-21(19(23)24)16-13-14-17-22(21,18(2)3)20(25)26/h13-14,18H,4-12,15-17H2,1-3H3,(H,23,24)(H,25,26). The SMILES string of the molecule is CCCCCCCCCCCC1(C(=O)O)CC=CCC1(C(=O)O)C(C)C. The molecule has 0 aliphatic heterocycles. The van der Waals surface area contributed by atoms with Crippen LogP contribution >= 0.6 is 0 Å². The minimum atomic E-state index is -1.21. The van der Waals surface area contributed by atoms with Gasteiger partial charge in [0, 0.05) is 0 Å². The van der Waals surface area contributed by atoms with E-state index in [1.807, 2.05) is 26.0 Å². The second kappa shape index (κ2) is 10.7. The second-order valence-electron chi connectivity index (χ2n) is 8.28. The Hall–Kier alpha value is -1.32. The zero-order chi connectivity index (χ0) is 19.6. The largest absolute Gasteiger partial charge is 0.481 e. The Kier molecular flexibility index (Phi) is 9.38. The van der Waals surface area contributed by atoms with Gasteiger partial charge >= 0.3 is 11.9 Å². The van der Waals surface area contributed by atoms with Gasteiger partial charge in [0.05, 0.1) is 10.8 Å². The molecule has 0 heterocycles. The third-order valence-corrected chi connectivity index (χ3v) is 6.41. The van der Waals surface area contributed by atoms with Crippen LogP contribution in [0, 0.1) is 16.7 Å². The van der Waals surface area contributed by atoms with E-state index in [9.17, 15) is 19.8 Å². The van der Waals surface area contributed by atoms with Gasteiger partial charge < -0.3 is 10.2 Å². The van der Waals surface area contributed by atoms with E-state index in [2.05, 4.69) is 6.92 Å². The fourth-order valence-electron chi connectivity index (χ4n) is 4.71. The predicted molar refractivity (Wildman–Crippen MR) is 105 cm³/mol. The predicted octanol–water partition coefficient (Wildman–Crippen LogP) is 6.06. The maximum Gasteiger partial charge on any atom is 0.311 e. The average molecular weight is 367 g/mol. The van der Waals surface area contributed by atoms with Gasteiger partial charge in [-0.25, -0.2) is 0 Å². The molecule has 0 aromatic carbocycles. The molecule has 1 aliphatic rings. The first-order valence-electron chi connectivity index (χ1n) is 10.5. The van der Waals surface area contributed by atoms with E-state index in [-0.39, 0.29) is 5.92 Å². The van der Waals surface area contributed by atoms with Gasteiger partial charge in [0.2, 0.25) is 0 Å². The number of hydrogen-bond donors (Lipinski definition) is 2. The summed E-state index contributed by atoms with van der Waals surface area (Å²) >= 11 is 0. The van der Waals surface area contributed by atoms with Crippen LogP contribution in [0.1, 0.15) is 97.8 Å². The number of aliphatic carboxylic acids is 2. The lowest BCUT2D eigenvalue weighted by Gasteiger charge is -2.49. The first kappa shape index (κ1) is 22.7. The first-order valence-corrected chi connectivity index (χ1v) is 10.5. The fraction of sp³-hybridized carbons (Fsp3) is 0.818. The number of carboxylic acid groups (broad SMARTS) is 2. The highest BCUT2D eigenvalue weighted by molar-refractivity contribution is 5.87. The van der Waals surface area contributed by atoms with Gasteiger partial charge in [0.1, 0.15) is 0 Å².